The molecule has 78 valence electrons. The quantitative estimate of drug-likeness (QED) is 0.659. The first-order valence-corrected chi connectivity index (χ1v) is 4.44. The second-order valence-electron chi connectivity index (χ2n) is 3.32. The molecule has 1 aromatic heterocycles. The van der Waals surface area contributed by atoms with E-state index in [-0.39, 0.29) is 11.9 Å². The highest BCUT2D eigenvalue weighted by atomic mass is 16.1. The van der Waals surface area contributed by atoms with Gasteiger partial charge in [0.2, 0.25) is 5.91 Å². The molecule has 0 aromatic carbocycles. The summed E-state index contributed by atoms with van der Waals surface area (Å²) in [6.07, 6.45) is 1.92. The van der Waals surface area contributed by atoms with E-state index < -0.39 is 0 Å². The molecule has 1 amide bonds. The summed E-state index contributed by atoms with van der Waals surface area (Å²) in [5.41, 5.74) is 5.48. The van der Waals surface area contributed by atoms with Gasteiger partial charge in [0.15, 0.2) is 5.82 Å². The summed E-state index contributed by atoms with van der Waals surface area (Å²) in [6, 6.07) is -0.116. The number of nitrogens with zero attached hydrogens (tertiary/aromatic N) is 3. The van der Waals surface area contributed by atoms with E-state index in [1.807, 2.05) is 7.05 Å². The monoisotopic (exact) mass is 197 g/mol. The largest absolute Gasteiger partial charge is 0.349 e. The lowest BCUT2D eigenvalue weighted by atomic mass is 10.2. The van der Waals surface area contributed by atoms with Crippen molar-refractivity contribution in [2.45, 2.75) is 25.9 Å². The van der Waals surface area contributed by atoms with Crippen LogP contribution in [0.5, 0.6) is 0 Å². The molecule has 14 heavy (non-hydrogen) atoms. The molecule has 3 N–H and O–H groups in total. The Morgan fingerprint density at radius 2 is 2.50 bits per heavy atom. The minimum absolute atomic E-state index is 0.0667. The molecule has 0 saturated heterocycles. The van der Waals surface area contributed by atoms with Crippen molar-refractivity contribution in [1.82, 2.24) is 20.1 Å². The summed E-state index contributed by atoms with van der Waals surface area (Å²) in [6.45, 7) is 2.18. The third-order valence-corrected chi connectivity index (χ3v) is 1.76. The smallest absolute Gasteiger partial charge is 0.221 e. The number of nitrogens with one attached hydrogen (secondary N) is 1. The molecule has 0 aliphatic heterocycles. The van der Waals surface area contributed by atoms with Gasteiger partial charge < -0.3 is 15.6 Å². The normalized spacial score (nSPS) is 12.5. The number of aryl methyl sites for hydroxylation is 1. The van der Waals surface area contributed by atoms with E-state index in [2.05, 4.69) is 15.5 Å². The summed E-state index contributed by atoms with van der Waals surface area (Å²) in [5.74, 6) is 0.658. The van der Waals surface area contributed by atoms with Crippen LogP contribution in [-0.4, -0.2) is 26.7 Å². The third kappa shape index (κ3) is 3.14. The van der Waals surface area contributed by atoms with Crippen LogP contribution in [-0.2, 0) is 18.4 Å². The van der Waals surface area contributed by atoms with Crippen molar-refractivity contribution in [1.29, 1.82) is 0 Å². The number of carbonyl (C=O) groups is 1. The predicted octanol–water partition coefficient (Wildman–Crippen LogP) is -0.831. The first-order chi connectivity index (χ1) is 6.59. The molecule has 6 heteroatoms. The van der Waals surface area contributed by atoms with Gasteiger partial charge in [-0.1, -0.05) is 0 Å². The van der Waals surface area contributed by atoms with E-state index in [0.717, 1.165) is 5.82 Å². The Hall–Kier alpha value is -1.43. The Balaban J connectivity index is 2.34. The van der Waals surface area contributed by atoms with Crippen molar-refractivity contribution in [2.24, 2.45) is 12.8 Å². The second kappa shape index (κ2) is 4.71. The van der Waals surface area contributed by atoms with Crippen LogP contribution in [0.2, 0.25) is 0 Å². The van der Waals surface area contributed by atoms with Gasteiger partial charge in [-0.05, 0) is 6.92 Å². The molecule has 0 bridgehead atoms. The zero-order valence-electron chi connectivity index (χ0n) is 8.40. The minimum Gasteiger partial charge on any atom is -0.349 e. The van der Waals surface area contributed by atoms with Crippen molar-refractivity contribution >= 4 is 5.91 Å². The average molecular weight is 197 g/mol. The van der Waals surface area contributed by atoms with E-state index >= 15 is 0 Å². The highest BCUT2D eigenvalue weighted by Gasteiger charge is 2.06. The fourth-order valence-electron chi connectivity index (χ4n) is 1.01. The van der Waals surface area contributed by atoms with Crippen LogP contribution in [0, 0.1) is 0 Å². The number of rotatable bonds is 4. The topological polar surface area (TPSA) is 85.8 Å². The van der Waals surface area contributed by atoms with Crippen LogP contribution < -0.4 is 11.1 Å². The molecule has 0 fully saturated rings. The predicted molar refractivity (Wildman–Crippen MR) is 51.1 cm³/mol. The Bertz CT molecular complexity index is 306. The van der Waals surface area contributed by atoms with Gasteiger partial charge in [0.25, 0.3) is 0 Å². The van der Waals surface area contributed by atoms with Crippen LogP contribution in [0.15, 0.2) is 6.33 Å². The number of aromatic nitrogens is 3. The molecular formula is C8H15N5O. The van der Waals surface area contributed by atoms with Gasteiger partial charge in [-0.15, -0.1) is 10.2 Å². The molecule has 0 aliphatic rings. The molecule has 0 saturated carbocycles. The van der Waals surface area contributed by atoms with Gasteiger partial charge in [-0.2, -0.15) is 0 Å². The second-order valence-corrected chi connectivity index (χ2v) is 3.32. The fraction of sp³-hybridized carbons (Fsp3) is 0.625. The molecule has 1 unspecified atom stereocenters. The maximum absolute atomic E-state index is 11.2. The summed E-state index contributed by atoms with van der Waals surface area (Å²) < 4.78 is 1.76. The molecule has 0 aliphatic carbocycles. The first kappa shape index (κ1) is 10.6. The molecule has 1 atom stereocenters. The number of hydrogen-bond acceptors (Lipinski definition) is 4. The van der Waals surface area contributed by atoms with Gasteiger partial charge in [0.05, 0.1) is 6.54 Å². The lowest BCUT2D eigenvalue weighted by molar-refractivity contribution is -0.121. The molecule has 0 radical (unpaired) electrons. The molecule has 1 rings (SSSR count). The molecule has 6 nitrogen and oxygen atoms in total. The summed E-state index contributed by atoms with van der Waals surface area (Å²) >= 11 is 0. The Kier molecular flexibility index (Phi) is 3.58. The fourth-order valence-corrected chi connectivity index (χ4v) is 1.01. The molecule has 1 aromatic rings. The van der Waals surface area contributed by atoms with Crippen molar-refractivity contribution in [3.05, 3.63) is 12.2 Å². The molecular weight excluding hydrogens is 182 g/mol. The van der Waals surface area contributed by atoms with E-state index in [1.54, 1.807) is 17.8 Å². The van der Waals surface area contributed by atoms with Crippen LogP contribution in [0.1, 0.15) is 19.2 Å². The number of hydrogen-bond donors (Lipinski definition) is 2. The third-order valence-electron chi connectivity index (χ3n) is 1.76. The van der Waals surface area contributed by atoms with E-state index in [0.29, 0.717) is 13.0 Å². The summed E-state index contributed by atoms with van der Waals surface area (Å²) in [7, 11) is 1.83. The lowest BCUT2D eigenvalue weighted by Gasteiger charge is -2.06. The minimum atomic E-state index is -0.116. The van der Waals surface area contributed by atoms with Crippen LogP contribution >= 0.6 is 0 Å². The van der Waals surface area contributed by atoms with E-state index in [9.17, 15) is 4.79 Å². The van der Waals surface area contributed by atoms with Crippen molar-refractivity contribution in [3.8, 4) is 0 Å². The zero-order chi connectivity index (χ0) is 10.6. The van der Waals surface area contributed by atoms with E-state index in [4.69, 9.17) is 5.73 Å². The van der Waals surface area contributed by atoms with Crippen molar-refractivity contribution in [2.75, 3.05) is 0 Å². The molecule has 1 heterocycles. The average Bonchev–Trinajstić information content (AvgIpc) is 2.46. The van der Waals surface area contributed by atoms with Gasteiger partial charge in [-0.3, -0.25) is 4.79 Å². The maximum atomic E-state index is 11.2. The number of amides is 1. The van der Waals surface area contributed by atoms with Crippen molar-refractivity contribution in [3.63, 3.8) is 0 Å². The van der Waals surface area contributed by atoms with Crippen LogP contribution in [0.3, 0.4) is 0 Å². The number of nitrogens with two attached hydrogens (primary N) is 1. The highest BCUT2D eigenvalue weighted by Crippen LogP contribution is 1.91. The van der Waals surface area contributed by atoms with Gasteiger partial charge in [-0.25, -0.2) is 0 Å². The van der Waals surface area contributed by atoms with Crippen LogP contribution in [0.25, 0.3) is 0 Å². The number of carbonyl (C=O) groups excluding carboxylic acids is 1. The standard InChI is InChI=1S/C8H15N5O/c1-6(9)3-8(14)10-4-7-12-11-5-13(7)2/h5-6H,3-4,9H2,1-2H3,(H,10,14). The Morgan fingerprint density at radius 1 is 1.79 bits per heavy atom. The SMILES string of the molecule is CC(N)CC(=O)NCc1nncn1C. The van der Waals surface area contributed by atoms with Gasteiger partial charge >= 0.3 is 0 Å². The molecule has 0 spiro atoms. The Labute approximate surface area is 82.5 Å². The van der Waals surface area contributed by atoms with E-state index in [1.165, 1.54) is 0 Å². The lowest BCUT2D eigenvalue weighted by Crippen LogP contribution is -2.30. The van der Waals surface area contributed by atoms with Gasteiger partial charge in [0, 0.05) is 19.5 Å². The zero-order valence-corrected chi connectivity index (χ0v) is 8.40. The summed E-state index contributed by atoms with van der Waals surface area (Å²) in [5, 5.41) is 10.2. The highest BCUT2D eigenvalue weighted by molar-refractivity contribution is 5.76. The Morgan fingerprint density at radius 3 is 3.00 bits per heavy atom. The maximum Gasteiger partial charge on any atom is 0.221 e. The van der Waals surface area contributed by atoms with Crippen molar-refractivity contribution < 1.29 is 4.79 Å². The van der Waals surface area contributed by atoms with Gasteiger partial charge in [0.1, 0.15) is 6.33 Å². The summed E-state index contributed by atoms with van der Waals surface area (Å²) in [4.78, 5) is 11.2. The first-order valence-electron chi connectivity index (χ1n) is 4.44. The van der Waals surface area contributed by atoms with Crippen LogP contribution in [0.4, 0.5) is 0 Å².